The van der Waals surface area contributed by atoms with Crippen molar-refractivity contribution in [1.82, 2.24) is 4.57 Å². The zero-order valence-electron chi connectivity index (χ0n) is 24.9. The summed E-state index contributed by atoms with van der Waals surface area (Å²) in [5.41, 5.74) is -1.40. The van der Waals surface area contributed by atoms with E-state index in [4.69, 9.17) is 11.6 Å². The minimum absolute atomic E-state index is 0.0866. The molecule has 0 saturated heterocycles. The van der Waals surface area contributed by atoms with Crippen LogP contribution in [0.25, 0.3) is 16.6 Å². The fraction of sp³-hybridized carbons (Fsp3) is 0.367. The van der Waals surface area contributed by atoms with Crippen molar-refractivity contribution in [2.75, 3.05) is 28.6 Å². The number of hydrogen-bond acceptors (Lipinski definition) is 4. The number of hydrogen-bond donors (Lipinski definition) is 1. The lowest BCUT2D eigenvalue weighted by Gasteiger charge is -2.24. The number of aromatic nitrogens is 2. The molecule has 0 bridgehead atoms. The maximum Gasteiger partial charge on any atom is 0.426 e. The van der Waals surface area contributed by atoms with Crippen molar-refractivity contribution in [3.63, 3.8) is 0 Å². The molecule has 260 valence electrons. The van der Waals surface area contributed by atoms with Gasteiger partial charge in [-0.1, -0.05) is 29.8 Å². The summed E-state index contributed by atoms with van der Waals surface area (Å²) in [5.74, 6) is -0.236. The number of allylic oxidation sites excluding steroid dienone is 5. The van der Waals surface area contributed by atoms with E-state index in [9.17, 15) is 52.5 Å². The molecular weight excluding hydrogens is 703 g/mol. The molecule has 3 aromatic rings. The van der Waals surface area contributed by atoms with Crippen molar-refractivity contribution in [3.8, 4) is 0 Å². The molecule has 0 atom stereocenters. The summed E-state index contributed by atoms with van der Waals surface area (Å²) in [6.07, 6.45) is -8.18. The molecule has 0 aliphatic carbocycles. The minimum atomic E-state index is -4.79. The summed E-state index contributed by atoms with van der Waals surface area (Å²) < 4.78 is 156. The second kappa shape index (κ2) is 12.6. The fourth-order valence-corrected chi connectivity index (χ4v) is 6.75. The Balaban J connectivity index is 1.54. The predicted octanol–water partition coefficient (Wildman–Crippen LogP) is 7.99. The van der Waals surface area contributed by atoms with Gasteiger partial charge in [-0.2, -0.15) is 47.9 Å². The average Bonchev–Trinajstić information content (AvgIpc) is 3.58. The third kappa shape index (κ3) is 7.32. The highest BCUT2D eigenvalue weighted by Gasteiger charge is 2.42. The Labute approximate surface area is 273 Å². The van der Waals surface area contributed by atoms with Gasteiger partial charge in [-0.3, -0.25) is 4.55 Å². The lowest BCUT2D eigenvalue weighted by Crippen LogP contribution is -2.32. The molecule has 0 unspecified atom stereocenters. The van der Waals surface area contributed by atoms with E-state index in [1.54, 1.807) is 11.8 Å². The van der Waals surface area contributed by atoms with Gasteiger partial charge in [0.25, 0.3) is 15.9 Å². The molecule has 0 fully saturated rings. The van der Waals surface area contributed by atoms with Gasteiger partial charge in [-0.25, -0.2) is 9.13 Å². The van der Waals surface area contributed by atoms with Crippen LogP contribution < -0.4 is 14.4 Å². The molecule has 0 amide bonds. The van der Waals surface area contributed by atoms with Crippen LogP contribution in [0.15, 0.2) is 60.5 Å². The summed E-state index contributed by atoms with van der Waals surface area (Å²) in [6, 6.07) is 4.64. The van der Waals surface area contributed by atoms with E-state index < -0.39 is 57.1 Å². The lowest BCUT2D eigenvalue weighted by molar-refractivity contribution is -0.664. The van der Waals surface area contributed by atoms with Gasteiger partial charge >= 0.3 is 18.5 Å². The van der Waals surface area contributed by atoms with Crippen LogP contribution in [0.2, 0.25) is 5.02 Å². The molecule has 2 aliphatic rings. The fourth-order valence-electron chi connectivity index (χ4n) is 5.99. The Morgan fingerprint density at radius 1 is 0.938 bits per heavy atom. The second-order valence-corrected chi connectivity index (χ2v) is 13.1. The summed E-state index contributed by atoms with van der Waals surface area (Å²) in [4.78, 5) is 3.07. The van der Waals surface area contributed by atoms with Crippen LogP contribution in [-0.2, 0) is 35.6 Å². The molecule has 2 aromatic carbocycles. The van der Waals surface area contributed by atoms with Gasteiger partial charge in [0.05, 0.1) is 39.8 Å². The minimum Gasteiger partial charge on any atom is -0.326 e. The van der Waals surface area contributed by atoms with Gasteiger partial charge in [0.2, 0.25) is 0 Å². The number of fused-ring (bicyclic) bond motifs is 4. The third-order valence-electron chi connectivity index (χ3n) is 7.88. The molecule has 1 N–H and O–H groups in total. The molecule has 48 heavy (non-hydrogen) atoms. The van der Waals surface area contributed by atoms with Gasteiger partial charge in [0, 0.05) is 31.1 Å². The zero-order valence-corrected chi connectivity index (χ0v) is 26.5. The molecule has 0 radical (unpaired) electrons. The van der Waals surface area contributed by atoms with E-state index in [-0.39, 0.29) is 55.0 Å². The van der Waals surface area contributed by atoms with Gasteiger partial charge in [0.15, 0.2) is 17.6 Å². The first-order valence-electron chi connectivity index (χ1n) is 14.4. The van der Waals surface area contributed by atoms with Crippen LogP contribution >= 0.6 is 11.6 Å². The van der Waals surface area contributed by atoms with Crippen molar-refractivity contribution in [1.29, 1.82) is 0 Å². The Morgan fingerprint density at radius 3 is 2.21 bits per heavy atom. The zero-order chi connectivity index (χ0) is 35.4. The van der Waals surface area contributed by atoms with E-state index >= 15 is 0 Å². The second-order valence-electron chi connectivity index (χ2n) is 11.1. The highest BCUT2D eigenvalue weighted by atomic mass is 35.5. The Morgan fingerprint density at radius 2 is 1.60 bits per heavy atom. The number of benzene rings is 2. The first-order chi connectivity index (χ1) is 22.2. The van der Waals surface area contributed by atoms with Gasteiger partial charge in [-0.05, 0) is 43.7 Å². The number of imidazole rings is 1. The molecule has 2 aliphatic heterocycles. The Kier molecular flexibility index (Phi) is 9.37. The molecule has 18 heteroatoms. The van der Waals surface area contributed by atoms with Crippen molar-refractivity contribution in [3.05, 3.63) is 82.4 Å². The summed E-state index contributed by atoms with van der Waals surface area (Å²) in [5, 5.41) is -0.551. The average molecular weight is 730 g/mol. The number of anilines is 2. The molecular formula is C30H27ClF9N4O3S+. The third-order valence-corrected chi connectivity index (χ3v) is 9.00. The van der Waals surface area contributed by atoms with Crippen LogP contribution in [0.4, 0.5) is 50.9 Å². The number of nitrogens with zero attached hydrogens (tertiary/aromatic N) is 4. The molecule has 5 rings (SSSR count). The lowest BCUT2D eigenvalue weighted by atomic mass is 10.1. The van der Waals surface area contributed by atoms with Crippen LogP contribution in [0.5, 0.6) is 0 Å². The highest BCUT2D eigenvalue weighted by Crippen LogP contribution is 2.48. The van der Waals surface area contributed by atoms with Crippen molar-refractivity contribution in [2.24, 2.45) is 0 Å². The van der Waals surface area contributed by atoms with Gasteiger partial charge in [-0.15, -0.1) is 0 Å². The molecule has 0 saturated carbocycles. The SMILES string of the molecule is CCN1/C(=C/C=C/C=C2\CC[n+]3c2n(CC(F)(F)F)c2cc(C(F)(F)F)ccc23)N(CCCS(=O)(=O)O)c2cc(C(F)(F)F)c(Cl)cc21. The van der Waals surface area contributed by atoms with Crippen molar-refractivity contribution in [2.45, 2.75) is 51.4 Å². The molecule has 3 heterocycles. The van der Waals surface area contributed by atoms with E-state index in [0.29, 0.717) is 23.1 Å². The summed E-state index contributed by atoms with van der Waals surface area (Å²) in [7, 11) is -4.37. The standard InChI is InChI=1S/C30H26ClF9N4O3S/c1-2-41-25-16-21(31)20(30(38,39)40)15-24(25)42(11-5-13-48(45,46)47)26(41)7-4-3-6-18-10-12-43-22-9-8-19(29(35,36)37)14-23(22)44(27(18)43)17-28(32,33)34/h3-4,6-9,14-16H,2,5,10-13,17H2,1H3/p+1. The smallest absolute Gasteiger partial charge is 0.326 e. The summed E-state index contributed by atoms with van der Waals surface area (Å²) in [6.45, 7) is 0.550. The Bertz CT molecular complexity index is 1950. The number of halogens is 10. The van der Waals surface area contributed by atoms with E-state index in [0.717, 1.165) is 28.8 Å². The van der Waals surface area contributed by atoms with E-state index in [2.05, 4.69) is 0 Å². The van der Waals surface area contributed by atoms with Crippen LogP contribution in [-0.4, -0.2) is 42.6 Å². The quantitative estimate of drug-likeness (QED) is 0.145. The van der Waals surface area contributed by atoms with Crippen molar-refractivity contribution < 1.29 is 57.1 Å². The normalized spacial score (nSPS) is 17.5. The Hall–Kier alpha value is -3.70. The van der Waals surface area contributed by atoms with Crippen LogP contribution in [0.3, 0.4) is 0 Å². The highest BCUT2D eigenvalue weighted by molar-refractivity contribution is 7.85. The largest absolute Gasteiger partial charge is 0.426 e. The predicted molar refractivity (Wildman–Crippen MR) is 161 cm³/mol. The molecule has 1 aromatic heterocycles. The van der Waals surface area contributed by atoms with Gasteiger partial charge < -0.3 is 9.80 Å². The summed E-state index contributed by atoms with van der Waals surface area (Å²) >= 11 is 5.98. The van der Waals surface area contributed by atoms with E-state index in [1.165, 1.54) is 33.8 Å². The number of alkyl halides is 9. The first-order valence-corrected chi connectivity index (χ1v) is 16.4. The molecule has 7 nitrogen and oxygen atoms in total. The maximum absolute atomic E-state index is 13.7. The van der Waals surface area contributed by atoms with Crippen LogP contribution in [0, 0.1) is 0 Å². The van der Waals surface area contributed by atoms with Crippen LogP contribution in [0.1, 0.15) is 36.7 Å². The molecule has 0 spiro atoms. The van der Waals surface area contributed by atoms with Crippen molar-refractivity contribution >= 4 is 49.7 Å². The monoisotopic (exact) mass is 729 g/mol. The number of aryl methyl sites for hydroxylation is 1. The van der Waals surface area contributed by atoms with E-state index in [1.807, 2.05) is 0 Å². The maximum atomic E-state index is 13.7. The van der Waals surface area contributed by atoms with Gasteiger partial charge in [0.1, 0.15) is 5.82 Å². The first kappa shape index (κ1) is 35.6. The topological polar surface area (TPSA) is 69.7 Å². The number of rotatable bonds is 8.